The van der Waals surface area contributed by atoms with Crippen molar-refractivity contribution < 1.29 is 26.2 Å². The van der Waals surface area contributed by atoms with Gasteiger partial charge in [-0.2, -0.15) is 0 Å². The van der Waals surface area contributed by atoms with E-state index >= 15 is 0 Å². The van der Waals surface area contributed by atoms with E-state index in [0.717, 1.165) is 72.5 Å². The topological polar surface area (TPSA) is 50.9 Å². The van der Waals surface area contributed by atoms with Crippen molar-refractivity contribution in [2.75, 3.05) is 0 Å². The minimum Gasteiger partial charge on any atom is -0.507 e. The molecule has 0 bridgehead atoms. The summed E-state index contributed by atoms with van der Waals surface area (Å²) in [6.45, 7) is 9.02. The molecule has 4 nitrogen and oxygen atoms in total. The number of phenols is 1. The summed E-state index contributed by atoms with van der Waals surface area (Å²) in [4.78, 5) is 10.3. The molecule has 0 saturated carbocycles. The Morgan fingerprint density at radius 1 is 0.516 bits per heavy atom. The second kappa shape index (κ2) is 17.6. The third-order valence-corrected chi connectivity index (χ3v) is 11.9. The molecule has 0 spiro atoms. The first-order valence-corrected chi connectivity index (χ1v) is 21.5. The van der Waals surface area contributed by atoms with Crippen LogP contribution in [0.3, 0.4) is 0 Å². The van der Waals surface area contributed by atoms with Crippen molar-refractivity contribution in [2.24, 2.45) is 0 Å². The largest absolute Gasteiger partial charge is 0.507 e. The Morgan fingerprint density at radius 2 is 1.12 bits per heavy atom. The SMILES string of the molecule is Cc1cc(-c2c(-c3ccccc3)cccc2C(C)(C)C)ccc1-n1c(-c2ccccc2O)nc2c(-c3[c-]c(-c4cc(-c5ccccc5)ccn4)cc(-c4ccccc4)c3)cccc21.[Pt]. The zero-order valence-electron chi connectivity index (χ0n) is 36.2. The van der Waals surface area contributed by atoms with Crippen LogP contribution in [0.5, 0.6) is 5.75 Å². The first-order chi connectivity index (χ1) is 30.7. The molecule has 0 radical (unpaired) electrons. The number of rotatable bonds is 8. The fraction of sp³-hybridized carbons (Fsp3) is 0.0847. The first-order valence-electron chi connectivity index (χ1n) is 21.5. The predicted molar refractivity (Wildman–Crippen MR) is 261 cm³/mol. The Bertz CT molecular complexity index is 3280. The average molecular weight is 1010 g/mol. The van der Waals surface area contributed by atoms with Gasteiger partial charge in [-0.15, -0.1) is 23.8 Å². The minimum absolute atomic E-state index is 0. The van der Waals surface area contributed by atoms with Crippen LogP contribution in [-0.2, 0) is 26.5 Å². The number of para-hydroxylation sites is 2. The summed E-state index contributed by atoms with van der Waals surface area (Å²) in [5, 5.41) is 11.4. The van der Waals surface area contributed by atoms with Gasteiger partial charge in [0.25, 0.3) is 0 Å². The number of nitrogens with zero attached hydrogens (tertiary/aromatic N) is 3. The van der Waals surface area contributed by atoms with Crippen LogP contribution in [-0.4, -0.2) is 19.6 Å². The predicted octanol–water partition coefficient (Wildman–Crippen LogP) is 15.2. The zero-order valence-corrected chi connectivity index (χ0v) is 38.4. The van der Waals surface area contributed by atoms with Crippen molar-refractivity contribution in [3.8, 4) is 89.7 Å². The molecule has 0 fully saturated rings. The normalized spacial score (nSPS) is 11.4. The maximum Gasteiger partial charge on any atom is 0.148 e. The average Bonchev–Trinajstić information content (AvgIpc) is 3.71. The fourth-order valence-corrected chi connectivity index (χ4v) is 8.85. The molecule has 0 saturated heterocycles. The number of imidazole rings is 1. The maximum absolute atomic E-state index is 11.4. The van der Waals surface area contributed by atoms with Crippen LogP contribution in [0, 0.1) is 13.0 Å². The summed E-state index contributed by atoms with van der Waals surface area (Å²) < 4.78 is 2.20. The van der Waals surface area contributed by atoms with Crippen molar-refractivity contribution in [1.29, 1.82) is 0 Å². The van der Waals surface area contributed by atoms with Gasteiger partial charge in [-0.1, -0.05) is 183 Å². The molecule has 10 aromatic rings. The molecular formula is C59H46N3OPt-. The Morgan fingerprint density at radius 3 is 1.81 bits per heavy atom. The third kappa shape index (κ3) is 8.02. The number of aromatic nitrogens is 3. The summed E-state index contributed by atoms with van der Waals surface area (Å²) in [6.07, 6.45) is 1.87. The molecule has 8 aromatic carbocycles. The number of pyridine rings is 1. The smallest absolute Gasteiger partial charge is 0.148 e. The molecule has 0 aliphatic carbocycles. The van der Waals surface area contributed by atoms with Crippen LogP contribution in [0.4, 0.5) is 0 Å². The number of phenolic OH excluding ortho intramolecular Hbond substituents is 1. The van der Waals surface area contributed by atoms with E-state index in [0.29, 0.717) is 11.4 Å². The van der Waals surface area contributed by atoms with Crippen molar-refractivity contribution in [2.45, 2.75) is 33.1 Å². The summed E-state index contributed by atoms with van der Waals surface area (Å²) in [6, 6.07) is 71.1. The molecule has 0 amide bonds. The second-order valence-electron chi connectivity index (χ2n) is 17.2. The van der Waals surface area contributed by atoms with Crippen LogP contribution >= 0.6 is 0 Å². The van der Waals surface area contributed by atoms with E-state index < -0.39 is 0 Å². The van der Waals surface area contributed by atoms with Gasteiger partial charge in [-0.05, 0) is 98.8 Å². The second-order valence-corrected chi connectivity index (χ2v) is 17.2. The van der Waals surface area contributed by atoms with E-state index in [9.17, 15) is 5.11 Å². The molecule has 1 N–H and O–H groups in total. The van der Waals surface area contributed by atoms with Crippen LogP contribution in [0.1, 0.15) is 31.9 Å². The van der Waals surface area contributed by atoms with Gasteiger partial charge < -0.3 is 5.11 Å². The maximum atomic E-state index is 11.4. The van der Waals surface area contributed by atoms with Gasteiger partial charge in [0.2, 0.25) is 0 Å². The summed E-state index contributed by atoms with van der Waals surface area (Å²) in [5.41, 5.74) is 18.4. The van der Waals surface area contributed by atoms with Crippen LogP contribution in [0.25, 0.3) is 95.0 Å². The first kappa shape index (κ1) is 42.2. The van der Waals surface area contributed by atoms with Crippen molar-refractivity contribution in [1.82, 2.24) is 14.5 Å². The minimum atomic E-state index is -0.0862. The van der Waals surface area contributed by atoms with Gasteiger partial charge in [-0.25, -0.2) is 4.98 Å². The van der Waals surface area contributed by atoms with Gasteiger partial charge in [0.1, 0.15) is 11.6 Å². The summed E-state index contributed by atoms with van der Waals surface area (Å²) >= 11 is 0. The quantitative estimate of drug-likeness (QED) is 0.154. The molecular weight excluding hydrogens is 962 g/mol. The molecule has 64 heavy (non-hydrogen) atoms. The molecule has 0 atom stereocenters. The van der Waals surface area contributed by atoms with Gasteiger partial charge in [-0.3, -0.25) is 9.55 Å². The number of hydrogen-bond acceptors (Lipinski definition) is 3. The Labute approximate surface area is 389 Å². The Kier molecular flexibility index (Phi) is 11.6. The van der Waals surface area contributed by atoms with E-state index in [4.69, 9.17) is 9.97 Å². The molecule has 5 heteroatoms. The molecule has 0 aliphatic heterocycles. The van der Waals surface area contributed by atoms with Crippen molar-refractivity contribution in [3.05, 3.63) is 218 Å². The van der Waals surface area contributed by atoms with Crippen LogP contribution in [0.15, 0.2) is 200 Å². The van der Waals surface area contributed by atoms with Crippen LogP contribution < -0.4 is 0 Å². The summed E-state index contributed by atoms with van der Waals surface area (Å²) in [7, 11) is 0. The molecule has 0 aliphatic rings. The zero-order chi connectivity index (χ0) is 43.1. The third-order valence-electron chi connectivity index (χ3n) is 11.9. The number of benzene rings is 8. The molecule has 10 rings (SSSR count). The van der Waals surface area contributed by atoms with E-state index in [1.807, 2.05) is 36.5 Å². The van der Waals surface area contributed by atoms with Crippen molar-refractivity contribution in [3.63, 3.8) is 0 Å². The van der Waals surface area contributed by atoms with E-state index in [1.165, 1.54) is 22.3 Å². The van der Waals surface area contributed by atoms with Gasteiger partial charge >= 0.3 is 0 Å². The van der Waals surface area contributed by atoms with Crippen LogP contribution in [0.2, 0.25) is 0 Å². The molecule has 2 aromatic heterocycles. The molecule has 0 unspecified atom stereocenters. The number of aromatic hydroxyl groups is 1. The fourth-order valence-electron chi connectivity index (χ4n) is 8.85. The molecule has 314 valence electrons. The van der Waals surface area contributed by atoms with Crippen molar-refractivity contribution >= 4 is 11.0 Å². The van der Waals surface area contributed by atoms with E-state index in [-0.39, 0.29) is 32.2 Å². The number of fused-ring (bicyclic) bond motifs is 1. The van der Waals surface area contributed by atoms with Gasteiger partial charge in [0.05, 0.1) is 22.3 Å². The molecule has 2 heterocycles. The monoisotopic (exact) mass is 1010 g/mol. The Balaban J connectivity index is 0.00000518. The van der Waals surface area contributed by atoms with Gasteiger partial charge in [0.15, 0.2) is 0 Å². The number of aryl methyl sites for hydroxylation is 1. The van der Waals surface area contributed by atoms with Gasteiger partial charge in [0, 0.05) is 33.0 Å². The summed E-state index contributed by atoms with van der Waals surface area (Å²) in [5.74, 6) is 0.823. The van der Waals surface area contributed by atoms with E-state index in [1.54, 1.807) is 6.07 Å². The standard InChI is InChI=1S/C59H46N3O.Pt/c1-39-34-44(56-48(42-22-12-7-13-23-42)25-16-27-51(56)59(2,3)4)30-31-53(39)62-54-28-17-26-49(57(54)61-58(62)50-24-14-15-29-55(50)63)46-35-45(41-20-10-6-11-21-41)36-47(37-46)52-38-43(32-33-60-52)40-18-8-5-9-19-40;/h5-36,38,63H,1-4H3;/q-1;. The Hall–Kier alpha value is -7.13. The van der Waals surface area contributed by atoms with E-state index in [2.05, 4.69) is 196 Å². The number of hydrogen-bond donors (Lipinski definition) is 1.